The van der Waals surface area contributed by atoms with Crippen LogP contribution in [-0.2, 0) is 0 Å². The van der Waals surface area contributed by atoms with Gasteiger partial charge >= 0.3 is 5.97 Å². The second-order valence-corrected chi connectivity index (χ2v) is 2.28. The molecule has 0 aliphatic rings. The van der Waals surface area contributed by atoms with Gasteiger partial charge in [-0.1, -0.05) is 0 Å². The third-order valence-corrected chi connectivity index (χ3v) is 1.45. The lowest BCUT2D eigenvalue weighted by Crippen LogP contribution is -2.09. The Bertz CT molecular complexity index is 387. The number of benzene rings is 1. The normalized spacial score (nSPS) is 10.3. The Morgan fingerprint density at radius 2 is 1.29 bits per heavy atom. The van der Waals surface area contributed by atoms with Gasteiger partial charge in [0.05, 0.1) is 0 Å². The summed E-state index contributed by atoms with van der Waals surface area (Å²) >= 11 is 0. The molecule has 14 heavy (non-hydrogen) atoms. The standard InChI is InChI=1S/C7H2F4O3/c8-2-1(7(13)14)3(9)5(11)6(12)4(2)10/h12H,(H,13,14). The van der Waals surface area contributed by atoms with E-state index in [1.807, 2.05) is 0 Å². The van der Waals surface area contributed by atoms with E-state index < -0.39 is 40.6 Å². The highest BCUT2D eigenvalue weighted by Gasteiger charge is 2.28. The van der Waals surface area contributed by atoms with Crippen molar-refractivity contribution in [3.8, 4) is 5.75 Å². The molecule has 76 valence electrons. The maximum Gasteiger partial charge on any atom is 0.341 e. The largest absolute Gasteiger partial charge is 0.503 e. The molecule has 0 spiro atoms. The van der Waals surface area contributed by atoms with Crippen LogP contribution in [0.5, 0.6) is 5.75 Å². The molecular weight excluding hydrogens is 208 g/mol. The van der Waals surface area contributed by atoms with Gasteiger partial charge in [0.1, 0.15) is 5.56 Å². The lowest BCUT2D eigenvalue weighted by Gasteiger charge is -2.04. The Balaban J connectivity index is 3.68. The third kappa shape index (κ3) is 1.26. The molecule has 0 amide bonds. The van der Waals surface area contributed by atoms with Crippen molar-refractivity contribution in [2.24, 2.45) is 0 Å². The van der Waals surface area contributed by atoms with Gasteiger partial charge in [-0.25, -0.2) is 13.6 Å². The van der Waals surface area contributed by atoms with Gasteiger partial charge in [0.25, 0.3) is 0 Å². The summed E-state index contributed by atoms with van der Waals surface area (Å²) in [7, 11) is 0. The number of phenols is 1. The predicted octanol–water partition coefficient (Wildman–Crippen LogP) is 1.65. The molecule has 0 atom stereocenters. The summed E-state index contributed by atoms with van der Waals surface area (Å²) < 4.78 is 50.3. The van der Waals surface area contributed by atoms with E-state index in [2.05, 4.69) is 0 Å². The molecule has 1 aromatic rings. The van der Waals surface area contributed by atoms with Crippen LogP contribution in [-0.4, -0.2) is 16.2 Å². The van der Waals surface area contributed by atoms with Gasteiger partial charge in [-0.05, 0) is 0 Å². The van der Waals surface area contributed by atoms with Gasteiger partial charge in [-0.3, -0.25) is 0 Å². The number of halogens is 4. The Labute approximate surface area is 74.2 Å². The topological polar surface area (TPSA) is 57.5 Å². The molecule has 1 rings (SSSR count). The van der Waals surface area contributed by atoms with Crippen molar-refractivity contribution in [3.63, 3.8) is 0 Å². The van der Waals surface area contributed by atoms with Crippen LogP contribution in [0.15, 0.2) is 0 Å². The Morgan fingerprint density at radius 1 is 0.929 bits per heavy atom. The van der Waals surface area contributed by atoms with Crippen molar-refractivity contribution in [2.75, 3.05) is 0 Å². The third-order valence-electron chi connectivity index (χ3n) is 1.45. The number of aromatic carboxylic acids is 1. The predicted molar refractivity (Wildman–Crippen MR) is 34.9 cm³/mol. The summed E-state index contributed by atoms with van der Waals surface area (Å²) in [4.78, 5) is 10.2. The molecule has 2 N–H and O–H groups in total. The highest BCUT2D eigenvalue weighted by Crippen LogP contribution is 2.28. The van der Waals surface area contributed by atoms with Crippen LogP contribution in [0.1, 0.15) is 10.4 Å². The zero-order valence-electron chi connectivity index (χ0n) is 6.31. The number of rotatable bonds is 1. The lowest BCUT2D eigenvalue weighted by atomic mass is 10.1. The maximum absolute atomic E-state index is 12.6. The molecule has 0 aliphatic heterocycles. The number of hydrogen-bond donors (Lipinski definition) is 2. The average molecular weight is 210 g/mol. The van der Waals surface area contributed by atoms with E-state index in [1.165, 1.54) is 0 Å². The van der Waals surface area contributed by atoms with Gasteiger partial charge < -0.3 is 10.2 Å². The van der Waals surface area contributed by atoms with E-state index >= 15 is 0 Å². The van der Waals surface area contributed by atoms with E-state index in [0.29, 0.717) is 0 Å². The Kier molecular flexibility index (Phi) is 2.33. The highest BCUT2D eigenvalue weighted by molar-refractivity contribution is 5.88. The average Bonchev–Trinajstić information content (AvgIpc) is 2.11. The van der Waals surface area contributed by atoms with Crippen LogP contribution in [0.2, 0.25) is 0 Å². The van der Waals surface area contributed by atoms with E-state index in [4.69, 9.17) is 10.2 Å². The summed E-state index contributed by atoms with van der Waals surface area (Å²) in [5.41, 5.74) is -1.78. The minimum atomic E-state index is -2.17. The van der Waals surface area contributed by atoms with Crippen LogP contribution in [0, 0.1) is 23.3 Å². The number of phenolic OH excluding ortho intramolecular Hbond substituents is 1. The number of carbonyl (C=O) groups is 1. The quantitative estimate of drug-likeness (QED) is 0.547. The van der Waals surface area contributed by atoms with Gasteiger partial charge in [0.15, 0.2) is 17.4 Å². The maximum atomic E-state index is 12.6. The second-order valence-electron chi connectivity index (χ2n) is 2.28. The zero-order chi connectivity index (χ0) is 11.0. The van der Waals surface area contributed by atoms with Crippen LogP contribution < -0.4 is 0 Å². The molecule has 0 saturated heterocycles. The summed E-state index contributed by atoms with van der Waals surface area (Å²) in [5, 5.41) is 16.6. The van der Waals surface area contributed by atoms with Crippen LogP contribution in [0.25, 0.3) is 0 Å². The molecule has 0 aliphatic carbocycles. The van der Waals surface area contributed by atoms with E-state index in [1.54, 1.807) is 0 Å². The SMILES string of the molecule is O=C(O)c1c(F)c(F)c(O)c(F)c1F. The first-order valence-electron chi connectivity index (χ1n) is 3.16. The van der Waals surface area contributed by atoms with Crippen molar-refractivity contribution in [3.05, 3.63) is 28.8 Å². The number of hydrogen-bond acceptors (Lipinski definition) is 2. The molecule has 0 unspecified atom stereocenters. The van der Waals surface area contributed by atoms with E-state index in [-0.39, 0.29) is 0 Å². The summed E-state index contributed by atoms with van der Waals surface area (Å²) in [6.07, 6.45) is 0. The van der Waals surface area contributed by atoms with Crippen molar-refractivity contribution in [1.29, 1.82) is 0 Å². The fourth-order valence-corrected chi connectivity index (χ4v) is 0.808. The summed E-state index contributed by atoms with van der Waals surface area (Å²) in [5.74, 6) is -12.6. The molecule has 0 bridgehead atoms. The molecule has 0 fully saturated rings. The summed E-state index contributed by atoms with van der Waals surface area (Å²) in [6.45, 7) is 0. The molecule has 3 nitrogen and oxygen atoms in total. The lowest BCUT2D eigenvalue weighted by molar-refractivity contribution is 0.0683. The first kappa shape index (κ1) is 10.3. The van der Waals surface area contributed by atoms with Crippen molar-refractivity contribution >= 4 is 5.97 Å². The fraction of sp³-hybridized carbons (Fsp3) is 0. The van der Waals surface area contributed by atoms with Gasteiger partial charge in [0, 0.05) is 0 Å². The van der Waals surface area contributed by atoms with Crippen LogP contribution in [0.4, 0.5) is 17.6 Å². The first-order chi connectivity index (χ1) is 6.37. The Morgan fingerprint density at radius 3 is 1.57 bits per heavy atom. The molecule has 7 heteroatoms. The summed E-state index contributed by atoms with van der Waals surface area (Å²) in [6, 6.07) is 0. The minimum Gasteiger partial charge on any atom is -0.503 e. The second kappa shape index (κ2) is 3.17. The smallest absolute Gasteiger partial charge is 0.341 e. The van der Waals surface area contributed by atoms with E-state index in [9.17, 15) is 22.4 Å². The number of carboxylic acids is 1. The zero-order valence-corrected chi connectivity index (χ0v) is 6.31. The van der Waals surface area contributed by atoms with Crippen LogP contribution >= 0.6 is 0 Å². The molecule has 0 aromatic heterocycles. The molecule has 1 aromatic carbocycles. The number of aromatic hydroxyl groups is 1. The first-order valence-corrected chi connectivity index (χ1v) is 3.16. The van der Waals surface area contributed by atoms with Gasteiger partial charge in [-0.15, -0.1) is 0 Å². The van der Waals surface area contributed by atoms with Crippen molar-refractivity contribution in [1.82, 2.24) is 0 Å². The van der Waals surface area contributed by atoms with Crippen LogP contribution in [0.3, 0.4) is 0 Å². The highest BCUT2D eigenvalue weighted by atomic mass is 19.2. The monoisotopic (exact) mass is 210 g/mol. The van der Waals surface area contributed by atoms with Gasteiger partial charge in [0.2, 0.25) is 11.6 Å². The molecule has 0 heterocycles. The molecule has 0 saturated carbocycles. The van der Waals surface area contributed by atoms with E-state index in [0.717, 1.165) is 0 Å². The molecule has 0 radical (unpaired) electrons. The van der Waals surface area contributed by atoms with Crippen molar-refractivity contribution in [2.45, 2.75) is 0 Å². The minimum absolute atomic E-state index is 1.78. The van der Waals surface area contributed by atoms with Gasteiger partial charge in [-0.2, -0.15) is 8.78 Å². The molecular formula is C7H2F4O3. The Hall–Kier alpha value is -1.79. The van der Waals surface area contributed by atoms with Crippen molar-refractivity contribution < 1.29 is 32.6 Å². The fourth-order valence-electron chi connectivity index (χ4n) is 0.808. The number of carboxylic acid groups (broad SMARTS) is 1.